The van der Waals surface area contributed by atoms with E-state index in [2.05, 4.69) is 10.6 Å². The number of hydrogen-bond donors (Lipinski definition) is 3. The molecular weight excluding hydrogens is 300 g/mol. The summed E-state index contributed by atoms with van der Waals surface area (Å²) < 4.78 is 10.1. The Morgan fingerprint density at radius 2 is 2.24 bits per heavy atom. The summed E-state index contributed by atoms with van der Waals surface area (Å²) in [6.45, 7) is 1.09. The largest absolute Gasteiger partial charge is 0.496 e. The van der Waals surface area contributed by atoms with Gasteiger partial charge in [0, 0.05) is 12.7 Å². The van der Waals surface area contributed by atoms with Gasteiger partial charge in [0.15, 0.2) is 0 Å². The summed E-state index contributed by atoms with van der Waals surface area (Å²) >= 11 is 5.98. The van der Waals surface area contributed by atoms with E-state index < -0.39 is 12.0 Å². The molecule has 0 spiro atoms. The number of amides is 2. The zero-order valence-corrected chi connectivity index (χ0v) is 12.1. The molecule has 114 valence electrons. The van der Waals surface area contributed by atoms with Gasteiger partial charge in [0.2, 0.25) is 0 Å². The maximum absolute atomic E-state index is 11.8. The van der Waals surface area contributed by atoms with Crippen molar-refractivity contribution in [3.8, 4) is 5.75 Å². The van der Waals surface area contributed by atoms with Gasteiger partial charge in [-0.3, -0.25) is 0 Å². The topological polar surface area (TPSA) is 96.9 Å². The van der Waals surface area contributed by atoms with Gasteiger partial charge in [-0.25, -0.2) is 9.59 Å². The van der Waals surface area contributed by atoms with Crippen molar-refractivity contribution in [2.45, 2.75) is 12.5 Å². The normalized spacial score (nSPS) is 17.3. The second-order valence-electron chi connectivity index (χ2n) is 4.50. The quantitative estimate of drug-likeness (QED) is 0.789. The lowest BCUT2D eigenvalue weighted by atomic mass is 10.2. The number of methoxy groups -OCH3 is 1. The summed E-state index contributed by atoms with van der Waals surface area (Å²) in [6, 6.07) is 2.13. The van der Waals surface area contributed by atoms with Gasteiger partial charge in [0.1, 0.15) is 11.3 Å². The predicted molar refractivity (Wildman–Crippen MR) is 76.3 cm³/mol. The van der Waals surface area contributed by atoms with Gasteiger partial charge in [-0.1, -0.05) is 11.6 Å². The first kappa shape index (κ1) is 15.4. The fourth-order valence-corrected chi connectivity index (χ4v) is 2.19. The highest BCUT2D eigenvalue weighted by atomic mass is 35.5. The number of benzene rings is 1. The number of halogens is 1. The number of rotatable bonds is 4. The number of carboxylic acids is 1. The second-order valence-corrected chi connectivity index (χ2v) is 4.90. The molecule has 1 fully saturated rings. The summed E-state index contributed by atoms with van der Waals surface area (Å²) in [5.74, 6) is -1.04. The van der Waals surface area contributed by atoms with Crippen LogP contribution in [0.25, 0.3) is 0 Å². The standard InChI is InChI=1S/C13H15ClN2O5/c1-20-11-5-10(9(14)4-8(11)12(17)18)16-13(19)15-7-2-3-21-6-7/h4-5,7H,2-3,6H2,1H3,(H,17,18)(H2,15,16,19). The third-order valence-corrected chi connectivity index (χ3v) is 3.35. The molecule has 0 aliphatic carbocycles. The van der Waals surface area contributed by atoms with Crippen molar-refractivity contribution in [1.82, 2.24) is 5.32 Å². The highest BCUT2D eigenvalue weighted by Gasteiger charge is 2.20. The number of carboxylic acid groups (broad SMARTS) is 1. The number of hydrogen-bond acceptors (Lipinski definition) is 4. The van der Waals surface area contributed by atoms with E-state index in [0.717, 1.165) is 6.42 Å². The second kappa shape index (κ2) is 6.64. The Morgan fingerprint density at radius 1 is 1.48 bits per heavy atom. The molecule has 1 unspecified atom stereocenters. The average Bonchev–Trinajstić information content (AvgIpc) is 2.93. The minimum Gasteiger partial charge on any atom is -0.496 e. The number of carbonyl (C=O) groups excluding carboxylic acids is 1. The van der Waals surface area contributed by atoms with Crippen LogP contribution in [0.3, 0.4) is 0 Å². The maximum atomic E-state index is 11.8. The van der Waals surface area contributed by atoms with Crippen LogP contribution in [-0.2, 0) is 4.74 Å². The molecule has 0 radical (unpaired) electrons. The fourth-order valence-electron chi connectivity index (χ4n) is 1.98. The molecule has 1 atom stereocenters. The van der Waals surface area contributed by atoms with E-state index in [1.54, 1.807) is 0 Å². The molecule has 1 aliphatic heterocycles. The molecule has 1 saturated heterocycles. The Balaban J connectivity index is 2.12. The van der Waals surface area contributed by atoms with Crippen LogP contribution in [0.15, 0.2) is 12.1 Å². The van der Waals surface area contributed by atoms with Crippen LogP contribution in [0.5, 0.6) is 5.75 Å². The minimum atomic E-state index is -1.16. The molecule has 1 aromatic carbocycles. The first-order valence-corrected chi connectivity index (χ1v) is 6.65. The molecule has 0 aromatic heterocycles. The number of aromatic carboxylic acids is 1. The Morgan fingerprint density at radius 3 is 2.81 bits per heavy atom. The summed E-state index contributed by atoms with van der Waals surface area (Å²) in [5.41, 5.74) is 0.201. The molecule has 2 rings (SSSR count). The molecule has 7 nitrogen and oxygen atoms in total. The van der Waals surface area contributed by atoms with Gasteiger partial charge < -0.3 is 25.2 Å². The highest BCUT2D eigenvalue weighted by molar-refractivity contribution is 6.34. The molecule has 1 aromatic rings. The molecular formula is C13H15ClN2O5. The van der Waals surface area contributed by atoms with Crippen molar-refractivity contribution in [2.75, 3.05) is 25.6 Å². The van der Waals surface area contributed by atoms with Gasteiger partial charge in [-0.15, -0.1) is 0 Å². The van der Waals surface area contributed by atoms with Crippen molar-refractivity contribution in [2.24, 2.45) is 0 Å². The summed E-state index contributed by atoms with van der Waals surface area (Å²) in [7, 11) is 1.34. The zero-order chi connectivity index (χ0) is 15.4. The van der Waals surface area contributed by atoms with E-state index in [4.69, 9.17) is 26.2 Å². The van der Waals surface area contributed by atoms with E-state index in [0.29, 0.717) is 13.2 Å². The van der Waals surface area contributed by atoms with Crippen LogP contribution >= 0.6 is 11.6 Å². The minimum absolute atomic E-state index is 0.0380. The molecule has 1 heterocycles. The summed E-state index contributed by atoms with van der Waals surface area (Å²) in [4.78, 5) is 22.9. The van der Waals surface area contributed by atoms with Crippen molar-refractivity contribution in [1.29, 1.82) is 0 Å². The molecule has 1 aliphatic rings. The van der Waals surface area contributed by atoms with Crippen LogP contribution in [-0.4, -0.2) is 43.5 Å². The number of urea groups is 1. The van der Waals surface area contributed by atoms with Crippen molar-refractivity contribution < 1.29 is 24.2 Å². The van der Waals surface area contributed by atoms with Gasteiger partial charge in [0.25, 0.3) is 0 Å². The van der Waals surface area contributed by atoms with Crippen molar-refractivity contribution in [3.63, 3.8) is 0 Å². The first-order valence-electron chi connectivity index (χ1n) is 6.27. The van der Waals surface area contributed by atoms with Crippen LogP contribution in [0.2, 0.25) is 5.02 Å². The lowest BCUT2D eigenvalue weighted by Gasteiger charge is -2.14. The van der Waals surface area contributed by atoms with Gasteiger partial charge >= 0.3 is 12.0 Å². The number of anilines is 1. The SMILES string of the molecule is COc1cc(NC(=O)NC2CCOC2)c(Cl)cc1C(=O)O. The molecule has 3 N–H and O–H groups in total. The molecule has 0 saturated carbocycles. The molecule has 8 heteroatoms. The van der Waals surface area contributed by atoms with E-state index in [9.17, 15) is 9.59 Å². The van der Waals surface area contributed by atoms with E-state index >= 15 is 0 Å². The maximum Gasteiger partial charge on any atom is 0.339 e. The Labute approximate surface area is 126 Å². The van der Waals surface area contributed by atoms with Gasteiger partial charge in [-0.05, 0) is 12.5 Å². The Hall–Kier alpha value is -1.99. The number of nitrogens with one attached hydrogen (secondary N) is 2. The zero-order valence-electron chi connectivity index (χ0n) is 11.3. The molecule has 2 amide bonds. The fraction of sp³-hybridized carbons (Fsp3) is 0.385. The Bertz CT molecular complexity index is 558. The molecule has 0 bridgehead atoms. The number of carbonyl (C=O) groups is 2. The van der Waals surface area contributed by atoms with Crippen molar-refractivity contribution >= 4 is 29.3 Å². The van der Waals surface area contributed by atoms with E-state index in [1.807, 2.05) is 0 Å². The molecule has 21 heavy (non-hydrogen) atoms. The van der Waals surface area contributed by atoms with Crippen molar-refractivity contribution in [3.05, 3.63) is 22.7 Å². The average molecular weight is 315 g/mol. The lowest BCUT2D eigenvalue weighted by Crippen LogP contribution is -2.38. The van der Waals surface area contributed by atoms with E-state index in [-0.39, 0.29) is 28.1 Å². The van der Waals surface area contributed by atoms with Crippen LogP contribution in [0.1, 0.15) is 16.8 Å². The number of ether oxygens (including phenoxy) is 2. The smallest absolute Gasteiger partial charge is 0.339 e. The van der Waals surface area contributed by atoms with Crippen LogP contribution in [0.4, 0.5) is 10.5 Å². The predicted octanol–water partition coefficient (Wildman–Crippen LogP) is 1.96. The van der Waals surface area contributed by atoms with Gasteiger partial charge in [-0.2, -0.15) is 0 Å². The lowest BCUT2D eigenvalue weighted by molar-refractivity contribution is 0.0693. The van der Waals surface area contributed by atoms with Crippen LogP contribution in [0, 0.1) is 0 Å². The summed E-state index contributed by atoms with van der Waals surface area (Å²) in [6.07, 6.45) is 0.752. The summed E-state index contributed by atoms with van der Waals surface area (Å²) in [5, 5.41) is 14.5. The van der Waals surface area contributed by atoms with E-state index in [1.165, 1.54) is 19.2 Å². The Kier molecular flexibility index (Phi) is 4.87. The van der Waals surface area contributed by atoms with Gasteiger partial charge in [0.05, 0.1) is 30.5 Å². The third kappa shape index (κ3) is 3.77. The highest BCUT2D eigenvalue weighted by Crippen LogP contribution is 2.31. The third-order valence-electron chi connectivity index (χ3n) is 3.03. The van der Waals surface area contributed by atoms with Crippen LogP contribution < -0.4 is 15.4 Å². The monoisotopic (exact) mass is 314 g/mol. The first-order chi connectivity index (χ1) is 10.0.